The number of aliphatic hydroxyl groups excluding tert-OH is 1. The summed E-state index contributed by atoms with van der Waals surface area (Å²) in [6.07, 6.45) is 2.19. The van der Waals surface area contributed by atoms with Gasteiger partial charge in [-0.05, 0) is 37.0 Å². The Morgan fingerprint density at radius 2 is 2.29 bits per heavy atom. The molecule has 0 radical (unpaired) electrons. The molecule has 1 aliphatic rings. The van der Waals surface area contributed by atoms with Gasteiger partial charge in [0.25, 0.3) is 0 Å². The van der Waals surface area contributed by atoms with E-state index < -0.39 is 0 Å². The maximum atomic E-state index is 9.22. The zero-order valence-corrected chi connectivity index (χ0v) is 11.2. The summed E-state index contributed by atoms with van der Waals surface area (Å²) in [6.45, 7) is 2.12. The molecule has 1 atom stereocenters. The van der Waals surface area contributed by atoms with Gasteiger partial charge in [0.15, 0.2) is 0 Å². The standard InChI is InChI=1S/C13H15BrN2O/c14-12-4-11(7-15)5-13(6-12)16-3-1-2-10(8-16)9-17/h4-6,10,17H,1-3,8-9H2. The average molecular weight is 295 g/mol. The van der Waals surface area contributed by atoms with Crippen LogP contribution in [0.25, 0.3) is 0 Å². The first-order chi connectivity index (χ1) is 8.22. The van der Waals surface area contributed by atoms with Crippen molar-refractivity contribution in [3.63, 3.8) is 0 Å². The number of anilines is 1. The van der Waals surface area contributed by atoms with Crippen molar-refractivity contribution < 1.29 is 5.11 Å². The molecule has 0 aliphatic carbocycles. The number of hydrogen-bond donors (Lipinski definition) is 1. The van der Waals surface area contributed by atoms with Gasteiger partial charge in [-0.15, -0.1) is 0 Å². The third-order valence-corrected chi connectivity index (χ3v) is 3.61. The number of rotatable bonds is 2. The van der Waals surface area contributed by atoms with E-state index in [1.807, 2.05) is 18.2 Å². The first-order valence-corrected chi connectivity index (χ1v) is 6.58. The summed E-state index contributed by atoms with van der Waals surface area (Å²) < 4.78 is 0.928. The molecule has 1 heterocycles. The Hall–Kier alpha value is -1.05. The predicted octanol–water partition coefficient (Wildman–Crippen LogP) is 2.53. The molecule has 0 aromatic heterocycles. The van der Waals surface area contributed by atoms with Gasteiger partial charge in [0.1, 0.15) is 0 Å². The monoisotopic (exact) mass is 294 g/mol. The maximum Gasteiger partial charge on any atom is 0.0992 e. The highest BCUT2D eigenvalue weighted by Crippen LogP contribution is 2.27. The van der Waals surface area contributed by atoms with Gasteiger partial charge in [-0.2, -0.15) is 5.26 Å². The van der Waals surface area contributed by atoms with Crippen LogP contribution in [0.15, 0.2) is 22.7 Å². The fraction of sp³-hybridized carbons (Fsp3) is 0.462. The van der Waals surface area contributed by atoms with Crippen molar-refractivity contribution >= 4 is 21.6 Å². The van der Waals surface area contributed by atoms with Gasteiger partial charge < -0.3 is 10.0 Å². The number of halogens is 1. The van der Waals surface area contributed by atoms with Crippen molar-refractivity contribution in [1.82, 2.24) is 0 Å². The molecule has 17 heavy (non-hydrogen) atoms. The van der Waals surface area contributed by atoms with Crippen LogP contribution in [0.1, 0.15) is 18.4 Å². The van der Waals surface area contributed by atoms with Crippen molar-refractivity contribution in [2.45, 2.75) is 12.8 Å². The minimum atomic E-state index is 0.246. The van der Waals surface area contributed by atoms with Crippen LogP contribution >= 0.6 is 15.9 Å². The zero-order chi connectivity index (χ0) is 12.3. The van der Waals surface area contributed by atoms with Crippen LogP contribution in [0.5, 0.6) is 0 Å². The Bertz CT molecular complexity index is 442. The topological polar surface area (TPSA) is 47.3 Å². The second-order valence-electron chi connectivity index (χ2n) is 4.45. The lowest BCUT2D eigenvalue weighted by Gasteiger charge is -2.33. The quantitative estimate of drug-likeness (QED) is 0.912. The molecule has 1 aromatic carbocycles. The molecule has 0 saturated carbocycles. The fourth-order valence-electron chi connectivity index (χ4n) is 2.27. The maximum absolute atomic E-state index is 9.22. The first-order valence-electron chi connectivity index (χ1n) is 5.79. The highest BCUT2D eigenvalue weighted by atomic mass is 79.9. The molecule has 1 aromatic rings. The predicted molar refractivity (Wildman–Crippen MR) is 70.9 cm³/mol. The summed E-state index contributed by atoms with van der Waals surface area (Å²) >= 11 is 3.43. The van der Waals surface area contributed by atoms with Crippen LogP contribution in [0.4, 0.5) is 5.69 Å². The Kier molecular flexibility index (Phi) is 4.03. The van der Waals surface area contributed by atoms with Crippen LogP contribution < -0.4 is 4.90 Å². The van der Waals surface area contributed by atoms with Crippen molar-refractivity contribution in [2.24, 2.45) is 5.92 Å². The van der Waals surface area contributed by atoms with E-state index in [4.69, 9.17) is 5.26 Å². The van der Waals surface area contributed by atoms with E-state index in [1.165, 1.54) is 0 Å². The number of hydrogen-bond acceptors (Lipinski definition) is 3. The summed E-state index contributed by atoms with van der Waals surface area (Å²) in [5.41, 5.74) is 1.73. The van der Waals surface area contributed by atoms with E-state index >= 15 is 0 Å². The highest BCUT2D eigenvalue weighted by molar-refractivity contribution is 9.10. The number of nitrogens with zero attached hydrogens (tertiary/aromatic N) is 2. The van der Waals surface area contributed by atoms with Crippen LogP contribution in [0.2, 0.25) is 0 Å². The third-order valence-electron chi connectivity index (χ3n) is 3.15. The van der Waals surface area contributed by atoms with Crippen molar-refractivity contribution in [1.29, 1.82) is 5.26 Å². The van der Waals surface area contributed by atoms with E-state index in [0.29, 0.717) is 11.5 Å². The first kappa shape index (κ1) is 12.4. The van der Waals surface area contributed by atoms with Crippen LogP contribution in [-0.2, 0) is 0 Å². The van der Waals surface area contributed by atoms with Crippen LogP contribution in [0.3, 0.4) is 0 Å². The van der Waals surface area contributed by atoms with E-state index in [0.717, 1.165) is 36.1 Å². The molecule has 3 nitrogen and oxygen atoms in total. The van der Waals surface area contributed by atoms with Crippen molar-refractivity contribution in [3.05, 3.63) is 28.2 Å². The summed E-state index contributed by atoms with van der Waals surface area (Å²) in [4.78, 5) is 2.25. The van der Waals surface area contributed by atoms with Crippen LogP contribution in [0, 0.1) is 17.2 Å². The van der Waals surface area contributed by atoms with Crippen molar-refractivity contribution in [3.8, 4) is 6.07 Å². The molecule has 1 unspecified atom stereocenters. The number of aliphatic hydroxyl groups is 1. The lowest BCUT2D eigenvalue weighted by molar-refractivity contribution is 0.208. The van der Waals surface area contributed by atoms with E-state index in [-0.39, 0.29) is 6.61 Å². The average Bonchev–Trinajstić information content (AvgIpc) is 2.38. The minimum absolute atomic E-state index is 0.246. The van der Waals surface area contributed by atoms with Gasteiger partial charge in [0, 0.05) is 29.9 Å². The second-order valence-corrected chi connectivity index (χ2v) is 5.36. The van der Waals surface area contributed by atoms with E-state index in [1.54, 1.807) is 0 Å². The summed E-state index contributed by atoms with van der Waals surface area (Å²) in [6, 6.07) is 7.92. The molecule has 90 valence electrons. The lowest BCUT2D eigenvalue weighted by Crippen LogP contribution is -2.36. The summed E-state index contributed by atoms with van der Waals surface area (Å²) in [5, 5.41) is 18.2. The fourth-order valence-corrected chi connectivity index (χ4v) is 2.75. The molecule has 4 heteroatoms. The summed E-state index contributed by atoms with van der Waals surface area (Å²) in [5.74, 6) is 0.355. The number of benzene rings is 1. The van der Waals surface area contributed by atoms with Crippen molar-refractivity contribution in [2.75, 3.05) is 24.6 Å². The molecule has 0 bridgehead atoms. The minimum Gasteiger partial charge on any atom is -0.396 e. The van der Waals surface area contributed by atoms with Gasteiger partial charge in [-0.25, -0.2) is 0 Å². The molecule has 1 saturated heterocycles. The third kappa shape index (κ3) is 2.99. The van der Waals surface area contributed by atoms with E-state index in [9.17, 15) is 5.11 Å². The van der Waals surface area contributed by atoms with Gasteiger partial charge >= 0.3 is 0 Å². The normalized spacial score (nSPS) is 20.1. The van der Waals surface area contributed by atoms with Gasteiger partial charge in [0.2, 0.25) is 0 Å². The van der Waals surface area contributed by atoms with Gasteiger partial charge in [-0.3, -0.25) is 0 Å². The van der Waals surface area contributed by atoms with E-state index in [2.05, 4.69) is 26.9 Å². The molecule has 0 amide bonds. The summed E-state index contributed by atoms with van der Waals surface area (Å²) in [7, 11) is 0. The zero-order valence-electron chi connectivity index (χ0n) is 9.56. The molecule has 2 rings (SSSR count). The number of nitriles is 1. The largest absolute Gasteiger partial charge is 0.396 e. The Labute approximate surface area is 110 Å². The molecule has 0 spiro atoms. The smallest absolute Gasteiger partial charge is 0.0992 e. The lowest BCUT2D eigenvalue weighted by atomic mass is 9.98. The Morgan fingerprint density at radius 1 is 1.47 bits per heavy atom. The Morgan fingerprint density at radius 3 is 3.00 bits per heavy atom. The molecule has 1 aliphatic heterocycles. The molecule has 1 N–H and O–H groups in total. The molecular weight excluding hydrogens is 280 g/mol. The Balaban J connectivity index is 2.21. The molecular formula is C13H15BrN2O. The SMILES string of the molecule is N#Cc1cc(Br)cc(N2CCCC(CO)C2)c1. The highest BCUT2D eigenvalue weighted by Gasteiger charge is 2.19. The molecule has 1 fully saturated rings. The second kappa shape index (κ2) is 5.52. The van der Waals surface area contributed by atoms with Gasteiger partial charge in [0.05, 0.1) is 11.6 Å². The van der Waals surface area contributed by atoms with Gasteiger partial charge in [-0.1, -0.05) is 15.9 Å². The number of piperidine rings is 1. The van der Waals surface area contributed by atoms with Crippen LogP contribution in [-0.4, -0.2) is 24.8 Å².